The Hall–Kier alpha value is -0.630. The number of benzene rings is 1. The van der Waals surface area contributed by atoms with E-state index in [2.05, 4.69) is 41.7 Å². The minimum absolute atomic E-state index is 0.00468. The Morgan fingerprint density at radius 1 is 1.23 bits per heavy atom. The average molecular weight is 240 g/mol. The molecule has 0 heterocycles. The molecule has 0 saturated heterocycles. The molecular weight excluding hydrogens is 226 g/mol. The highest BCUT2D eigenvalue weighted by Gasteiger charge is 2.05. The van der Waals surface area contributed by atoms with Crippen molar-refractivity contribution < 1.29 is 0 Å². The first kappa shape index (κ1) is 10.5. The van der Waals surface area contributed by atoms with Gasteiger partial charge in [-0.3, -0.25) is 4.99 Å². The molecule has 1 aromatic carbocycles. The lowest BCUT2D eigenvalue weighted by atomic mass is 10.1. The van der Waals surface area contributed by atoms with Gasteiger partial charge in [0.25, 0.3) is 0 Å². The Balaban J connectivity index is 2.86. The molecule has 0 atom stereocenters. The van der Waals surface area contributed by atoms with Gasteiger partial charge < -0.3 is 0 Å². The first-order valence-electron chi connectivity index (χ1n) is 4.29. The van der Waals surface area contributed by atoms with Gasteiger partial charge in [0.1, 0.15) is 0 Å². The number of aliphatic imine (C=N–C) groups is 1. The normalized spacial score (nSPS) is 12.3. The maximum absolute atomic E-state index is 4.43. The molecule has 1 rings (SSSR count). The van der Waals surface area contributed by atoms with Gasteiger partial charge >= 0.3 is 0 Å². The highest BCUT2D eigenvalue weighted by atomic mass is 79.9. The van der Waals surface area contributed by atoms with Crippen molar-refractivity contribution in [2.75, 3.05) is 0 Å². The molecule has 1 aromatic rings. The van der Waals surface area contributed by atoms with Crippen molar-refractivity contribution in [1.82, 2.24) is 0 Å². The minimum Gasteiger partial charge on any atom is -0.287 e. The molecule has 0 radical (unpaired) electrons. The maximum atomic E-state index is 4.43. The highest BCUT2D eigenvalue weighted by molar-refractivity contribution is 9.10. The van der Waals surface area contributed by atoms with Crippen LogP contribution in [0.15, 0.2) is 33.7 Å². The van der Waals surface area contributed by atoms with Crippen molar-refractivity contribution in [2.45, 2.75) is 26.3 Å². The molecule has 0 N–H and O–H groups in total. The van der Waals surface area contributed by atoms with Crippen LogP contribution in [0, 0.1) is 0 Å². The fourth-order valence-corrected chi connectivity index (χ4v) is 1.23. The Kier molecular flexibility index (Phi) is 3.26. The summed E-state index contributed by atoms with van der Waals surface area (Å²) in [6, 6.07) is 8.07. The van der Waals surface area contributed by atoms with Crippen molar-refractivity contribution in [3.8, 4) is 0 Å². The lowest BCUT2D eigenvalue weighted by molar-refractivity contribution is 0.586. The van der Waals surface area contributed by atoms with E-state index in [1.54, 1.807) is 0 Å². The Bertz CT molecular complexity index is 310. The van der Waals surface area contributed by atoms with Gasteiger partial charge in [-0.2, -0.15) is 0 Å². The van der Waals surface area contributed by atoms with Gasteiger partial charge in [0.05, 0.1) is 5.54 Å². The molecule has 0 aliphatic heterocycles. The van der Waals surface area contributed by atoms with E-state index in [1.807, 2.05) is 30.5 Å². The first-order valence-corrected chi connectivity index (χ1v) is 5.08. The van der Waals surface area contributed by atoms with Gasteiger partial charge in [-0.05, 0) is 26.8 Å². The van der Waals surface area contributed by atoms with E-state index in [-0.39, 0.29) is 5.54 Å². The number of halogens is 1. The fraction of sp³-hybridized carbons (Fsp3) is 0.364. The summed E-state index contributed by atoms with van der Waals surface area (Å²) in [5, 5.41) is 0. The Morgan fingerprint density at radius 2 is 1.85 bits per heavy atom. The van der Waals surface area contributed by atoms with E-state index in [0.29, 0.717) is 0 Å². The molecule has 0 unspecified atom stereocenters. The van der Waals surface area contributed by atoms with Crippen LogP contribution in [0.2, 0.25) is 0 Å². The molecule has 0 aliphatic carbocycles. The van der Waals surface area contributed by atoms with E-state index in [4.69, 9.17) is 0 Å². The lowest BCUT2D eigenvalue weighted by Crippen LogP contribution is -2.09. The van der Waals surface area contributed by atoms with Crippen LogP contribution in [0.5, 0.6) is 0 Å². The van der Waals surface area contributed by atoms with Crippen LogP contribution < -0.4 is 0 Å². The second kappa shape index (κ2) is 4.05. The smallest absolute Gasteiger partial charge is 0.0524 e. The van der Waals surface area contributed by atoms with Gasteiger partial charge in [-0.15, -0.1) is 0 Å². The van der Waals surface area contributed by atoms with Crippen LogP contribution in [0.3, 0.4) is 0 Å². The molecule has 0 amide bonds. The maximum Gasteiger partial charge on any atom is 0.0524 e. The summed E-state index contributed by atoms with van der Waals surface area (Å²) in [6.45, 7) is 6.25. The van der Waals surface area contributed by atoms with Crippen LogP contribution in [-0.2, 0) is 0 Å². The van der Waals surface area contributed by atoms with E-state index in [0.717, 1.165) is 10.0 Å². The second-order valence-electron chi connectivity index (χ2n) is 3.95. The van der Waals surface area contributed by atoms with Gasteiger partial charge in [-0.1, -0.05) is 34.1 Å². The summed E-state index contributed by atoms with van der Waals surface area (Å²) in [5.41, 5.74) is 1.12. The van der Waals surface area contributed by atoms with Gasteiger partial charge in [0, 0.05) is 16.3 Å². The van der Waals surface area contributed by atoms with Crippen LogP contribution in [-0.4, -0.2) is 11.8 Å². The molecule has 0 aromatic heterocycles. The summed E-state index contributed by atoms with van der Waals surface area (Å²) >= 11 is 3.47. The van der Waals surface area contributed by atoms with Crippen molar-refractivity contribution in [1.29, 1.82) is 0 Å². The lowest BCUT2D eigenvalue weighted by Gasteiger charge is -2.10. The van der Waals surface area contributed by atoms with Gasteiger partial charge in [0.15, 0.2) is 0 Å². The fourth-order valence-electron chi connectivity index (χ4n) is 0.843. The zero-order valence-electron chi connectivity index (χ0n) is 8.21. The highest BCUT2D eigenvalue weighted by Crippen LogP contribution is 2.15. The summed E-state index contributed by atoms with van der Waals surface area (Å²) in [5.74, 6) is 0. The summed E-state index contributed by atoms with van der Waals surface area (Å²) < 4.78 is 1.09. The molecule has 1 nitrogen and oxygen atoms in total. The number of nitrogens with zero attached hydrogens (tertiary/aromatic N) is 1. The van der Waals surface area contributed by atoms with Crippen LogP contribution >= 0.6 is 15.9 Å². The van der Waals surface area contributed by atoms with Crippen LogP contribution in [0.4, 0.5) is 0 Å². The Morgan fingerprint density at radius 3 is 2.38 bits per heavy atom. The quantitative estimate of drug-likeness (QED) is 0.664. The van der Waals surface area contributed by atoms with Crippen molar-refractivity contribution in [2.24, 2.45) is 4.99 Å². The molecule has 70 valence electrons. The molecule has 0 spiro atoms. The van der Waals surface area contributed by atoms with E-state index < -0.39 is 0 Å². The van der Waals surface area contributed by atoms with Crippen molar-refractivity contribution in [3.05, 3.63) is 34.3 Å². The van der Waals surface area contributed by atoms with Gasteiger partial charge in [0.2, 0.25) is 0 Å². The van der Waals surface area contributed by atoms with E-state index in [9.17, 15) is 0 Å². The zero-order valence-corrected chi connectivity index (χ0v) is 9.80. The molecule has 0 aliphatic rings. The minimum atomic E-state index is -0.00468. The third kappa shape index (κ3) is 3.73. The van der Waals surface area contributed by atoms with Crippen LogP contribution in [0.1, 0.15) is 26.3 Å². The predicted molar refractivity (Wildman–Crippen MR) is 61.5 cm³/mol. The molecule has 0 fully saturated rings. The first-order chi connectivity index (χ1) is 5.99. The van der Waals surface area contributed by atoms with Crippen molar-refractivity contribution >= 4 is 22.1 Å². The standard InChI is InChI=1S/C11H14BrN/c1-11(2,3)13-8-9-6-4-5-7-10(9)12/h4-8H,1-3H3/b13-8+. The Labute approximate surface area is 88.0 Å². The third-order valence-electron chi connectivity index (χ3n) is 1.50. The molecular formula is C11H14BrN. The molecule has 0 saturated carbocycles. The largest absolute Gasteiger partial charge is 0.287 e. The number of hydrogen-bond donors (Lipinski definition) is 0. The summed E-state index contributed by atoms with van der Waals surface area (Å²) in [6.07, 6.45) is 1.91. The summed E-state index contributed by atoms with van der Waals surface area (Å²) in [7, 11) is 0. The monoisotopic (exact) mass is 239 g/mol. The molecule has 0 bridgehead atoms. The molecule has 2 heteroatoms. The number of hydrogen-bond acceptors (Lipinski definition) is 1. The third-order valence-corrected chi connectivity index (χ3v) is 2.22. The summed E-state index contributed by atoms with van der Waals surface area (Å²) in [4.78, 5) is 4.43. The average Bonchev–Trinajstić information content (AvgIpc) is 2.01. The number of rotatable bonds is 1. The zero-order chi connectivity index (χ0) is 9.90. The van der Waals surface area contributed by atoms with Crippen molar-refractivity contribution in [3.63, 3.8) is 0 Å². The van der Waals surface area contributed by atoms with Gasteiger partial charge in [-0.25, -0.2) is 0 Å². The topological polar surface area (TPSA) is 12.4 Å². The van der Waals surface area contributed by atoms with E-state index in [1.165, 1.54) is 0 Å². The SMILES string of the molecule is CC(C)(C)/N=C/c1ccccc1Br. The second-order valence-corrected chi connectivity index (χ2v) is 4.80. The molecule has 13 heavy (non-hydrogen) atoms. The predicted octanol–water partition coefficient (Wildman–Crippen LogP) is 3.67. The van der Waals surface area contributed by atoms with E-state index >= 15 is 0 Å². The van der Waals surface area contributed by atoms with Crippen LogP contribution in [0.25, 0.3) is 0 Å².